The van der Waals surface area contributed by atoms with Crippen molar-refractivity contribution in [2.75, 3.05) is 32.8 Å². The van der Waals surface area contributed by atoms with Crippen LogP contribution in [0, 0.1) is 11.8 Å². The lowest BCUT2D eigenvalue weighted by molar-refractivity contribution is 0.340. The Hall–Kier alpha value is -1.55. The summed E-state index contributed by atoms with van der Waals surface area (Å²) < 4.78 is 32.0. The van der Waals surface area contributed by atoms with Gasteiger partial charge in [-0.3, -0.25) is 4.90 Å². The van der Waals surface area contributed by atoms with Crippen LogP contribution in [0.5, 0.6) is 5.75 Å². The van der Waals surface area contributed by atoms with Gasteiger partial charge in [-0.1, -0.05) is 11.8 Å². The Morgan fingerprint density at radius 2 is 1.86 bits per heavy atom. The van der Waals surface area contributed by atoms with Crippen LogP contribution in [0.1, 0.15) is 19.8 Å². The van der Waals surface area contributed by atoms with Gasteiger partial charge in [0, 0.05) is 0 Å². The number of nitrogens with one attached hydrogen (secondary N) is 1. The van der Waals surface area contributed by atoms with Crippen LogP contribution in [0.2, 0.25) is 0 Å². The van der Waals surface area contributed by atoms with E-state index in [9.17, 15) is 8.42 Å². The standard InChI is InChI=1S/C16H22N2O3S/c1-2-21-15-7-9-16(10-8-15)22(19,20)17-11-3-4-12-18-13-5-6-14-18/h7-10,17H,2,5-6,11-14H2,1H3. The molecular formula is C16H22N2O3S. The summed E-state index contributed by atoms with van der Waals surface area (Å²) in [5.41, 5.74) is 0. The molecule has 0 amide bonds. The zero-order valence-electron chi connectivity index (χ0n) is 12.8. The Balaban J connectivity index is 1.83. The van der Waals surface area contributed by atoms with E-state index in [-0.39, 0.29) is 11.4 Å². The Morgan fingerprint density at radius 3 is 2.50 bits per heavy atom. The minimum atomic E-state index is -3.51. The zero-order chi connectivity index (χ0) is 15.8. The Bertz CT molecular complexity index is 624. The first-order valence-corrected chi connectivity index (χ1v) is 9.01. The highest BCUT2D eigenvalue weighted by Crippen LogP contribution is 2.15. The van der Waals surface area contributed by atoms with Crippen molar-refractivity contribution in [3.05, 3.63) is 24.3 Å². The van der Waals surface area contributed by atoms with Crippen LogP contribution in [-0.2, 0) is 10.0 Å². The first-order valence-electron chi connectivity index (χ1n) is 7.52. The van der Waals surface area contributed by atoms with Crippen molar-refractivity contribution in [1.82, 2.24) is 9.62 Å². The molecule has 1 saturated heterocycles. The van der Waals surface area contributed by atoms with Crippen molar-refractivity contribution in [2.45, 2.75) is 24.7 Å². The summed E-state index contributed by atoms with van der Waals surface area (Å²) in [4.78, 5) is 2.49. The molecule has 1 aliphatic rings. The maximum Gasteiger partial charge on any atom is 0.241 e. The zero-order valence-corrected chi connectivity index (χ0v) is 13.7. The average Bonchev–Trinajstić information content (AvgIpc) is 3.01. The molecule has 0 unspecified atom stereocenters. The van der Waals surface area contributed by atoms with Crippen molar-refractivity contribution in [3.63, 3.8) is 0 Å². The fourth-order valence-electron chi connectivity index (χ4n) is 2.27. The van der Waals surface area contributed by atoms with Crippen LogP contribution in [0.25, 0.3) is 0 Å². The van der Waals surface area contributed by atoms with E-state index in [0.717, 1.165) is 13.1 Å². The number of hydrogen-bond donors (Lipinski definition) is 1. The van der Waals surface area contributed by atoms with Crippen molar-refractivity contribution < 1.29 is 13.2 Å². The third-order valence-electron chi connectivity index (χ3n) is 3.42. The normalized spacial score (nSPS) is 15.3. The molecule has 2 rings (SSSR count). The van der Waals surface area contributed by atoms with Crippen LogP contribution in [0.4, 0.5) is 0 Å². The highest BCUT2D eigenvalue weighted by Gasteiger charge is 2.12. The van der Waals surface area contributed by atoms with Gasteiger partial charge in [0.05, 0.1) is 24.6 Å². The lowest BCUT2D eigenvalue weighted by atomic mass is 10.3. The summed E-state index contributed by atoms with van der Waals surface area (Å²) in [6.45, 7) is 5.46. The van der Waals surface area contributed by atoms with Crippen LogP contribution in [0.15, 0.2) is 29.2 Å². The summed E-state index contributed by atoms with van der Waals surface area (Å²) in [6, 6.07) is 6.37. The quantitative estimate of drug-likeness (QED) is 0.806. The number of hydrogen-bond acceptors (Lipinski definition) is 4. The van der Waals surface area contributed by atoms with E-state index in [2.05, 4.69) is 21.5 Å². The third kappa shape index (κ3) is 5.02. The highest BCUT2D eigenvalue weighted by molar-refractivity contribution is 7.89. The van der Waals surface area contributed by atoms with Gasteiger partial charge in [-0.15, -0.1) is 0 Å². The van der Waals surface area contributed by atoms with Crippen LogP contribution < -0.4 is 9.46 Å². The molecule has 22 heavy (non-hydrogen) atoms. The molecule has 1 heterocycles. The molecule has 0 spiro atoms. The predicted molar refractivity (Wildman–Crippen MR) is 86.2 cm³/mol. The van der Waals surface area contributed by atoms with Gasteiger partial charge >= 0.3 is 0 Å². The minimum Gasteiger partial charge on any atom is -0.494 e. The highest BCUT2D eigenvalue weighted by atomic mass is 32.2. The summed E-state index contributed by atoms with van der Waals surface area (Å²) in [6.07, 6.45) is 2.46. The number of nitrogens with zero attached hydrogens (tertiary/aromatic N) is 1. The van der Waals surface area contributed by atoms with E-state index >= 15 is 0 Å². The van der Waals surface area contributed by atoms with Crippen molar-refractivity contribution in [2.24, 2.45) is 0 Å². The molecule has 6 heteroatoms. The summed E-state index contributed by atoms with van der Waals surface area (Å²) in [7, 11) is -3.51. The second kappa shape index (κ2) is 8.18. The molecule has 0 atom stereocenters. The van der Waals surface area contributed by atoms with Crippen molar-refractivity contribution >= 4 is 10.0 Å². The van der Waals surface area contributed by atoms with Crippen LogP contribution in [0.3, 0.4) is 0 Å². The molecule has 1 N–H and O–H groups in total. The van der Waals surface area contributed by atoms with Gasteiger partial charge < -0.3 is 4.74 Å². The number of likely N-dealkylation sites (tertiary alicyclic amines) is 1. The van der Waals surface area contributed by atoms with Crippen LogP contribution >= 0.6 is 0 Å². The van der Waals surface area contributed by atoms with E-state index in [1.807, 2.05) is 6.92 Å². The Kier molecular flexibility index (Phi) is 6.25. The van der Waals surface area contributed by atoms with Gasteiger partial charge in [-0.05, 0) is 57.1 Å². The van der Waals surface area contributed by atoms with Gasteiger partial charge in [-0.25, -0.2) is 8.42 Å². The van der Waals surface area contributed by atoms with E-state index < -0.39 is 10.0 Å². The van der Waals surface area contributed by atoms with Gasteiger partial charge in [-0.2, -0.15) is 4.72 Å². The Morgan fingerprint density at radius 1 is 1.18 bits per heavy atom. The maximum absolute atomic E-state index is 12.1. The summed E-state index contributed by atoms with van der Waals surface area (Å²) in [5, 5.41) is 0. The second-order valence-corrected chi connectivity index (χ2v) is 6.83. The topological polar surface area (TPSA) is 58.6 Å². The lowest BCUT2D eigenvalue weighted by Crippen LogP contribution is -2.24. The molecule has 0 saturated carbocycles. The van der Waals surface area contributed by atoms with Crippen molar-refractivity contribution in [1.29, 1.82) is 0 Å². The second-order valence-electron chi connectivity index (χ2n) is 5.07. The van der Waals surface area contributed by atoms with Gasteiger partial charge in [0.1, 0.15) is 5.75 Å². The molecule has 1 aliphatic heterocycles. The van der Waals surface area contributed by atoms with Gasteiger partial charge in [0.15, 0.2) is 0 Å². The molecule has 0 radical (unpaired) electrons. The van der Waals surface area contributed by atoms with Crippen LogP contribution in [-0.4, -0.2) is 46.1 Å². The van der Waals surface area contributed by atoms with Crippen molar-refractivity contribution in [3.8, 4) is 17.6 Å². The number of sulfonamides is 1. The van der Waals surface area contributed by atoms with Gasteiger partial charge in [0.2, 0.25) is 10.0 Å². The smallest absolute Gasteiger partial charge is 0.241 e. The first-order chi connectivity index (χ1) is 10.6. The largest absolute Gasteiger partial charge is 0.494 e. The first kappa shape index (κ1) is 16.8. The maximum atomic E-state index is 12.1. The molecule has 1 aromatic carbocycles. The number of ether oxygens (including phenoxy) is 1. The Labute approximate surface area is 132 Å². The molecular weight excluding hydrogens is 300 g/mol. The summed E-state index contributed by atoms with van der Waals surface area (Å²) >= 11 is 0. The monoisotopic (exact) mass is 322 g/mol. The average molecular weight is 322 g/mol. The molecule has 1 aromatic rings. The third-order valence-corrected chi connectivity index (χ3v) is 4.84. The van der Waals surface area contributed by atoms with E-state index in [4.69, 9.17) is 4.74 Å². The number of rotatable bonds is 6. The van der Waals surface area contributed by atoms with E-state index in [0.29, 0.717) is 18.9 Å². The van der Waals surface area contributed by atoms with Gasteiger partial charge in [0.25, 0.3) is 0 Å². The summed E-state index contributed by atoms with van der Waals surface area (Å²) in [5.74, 6) is 6.53. The molecule has 0 aromatic heterocycles. The molecule has 0 aliphatic carbocycles. The predicted octanol–water partition coefficient (Wildman–Crippen LogP) is 1.46. The molecule has 120 valence electrons. The fourth-order valence-corrected chi connectivity index (χ4v) is 3.19. The lowest BCUT2D eigenvalue weighted by Gasteiger charge is -2.08. The van der Waals surface area contributed by atoms with E-state index in [1.165, 1.54) is 25.0 Å². The number of benzene rings is 1. The SMILES string of the molecule is CCOc1ccc(S(=O)(=O)NCC#CCN2CCCC2)cc1. The molecule has 1 fully saturated rings. The molecule has 5 nitrogen and oxygen atoms in total. The molecule has 0 bridgehead atoms. The minimum absolute atomic E-state index is 0.128. The fraction of sp³-hybridized carbons (Fsp3) is 0.500. The van der Waals surface area contributed by atoms with E-state index in [1.54, 1.807) is 12.1 Å².